The minimum atomic E-state index is -0.589. The zero-order chi connectivity index (χ0) is 18.7. The minimum Gasteiger partial charge on any atom is -0.453 e. The summed E-state index contributed by atoms with van der Waals surface area (Å²) in [7, 11) is 1.29. The number of hydrogen-bond donors (Lipinski definition) is 3. The standard InChI is InChI=1S/C18H23N5O3/c1-11-9-20-15(21-18(25)26-3)8-14(11)13-6-16(22-17(24)7-13)23-5-4-19-10-12(23)2/h6-9,12,19H,4-5,10H2,1-3H3,(H,22,24)(H,20,21,25)/t12-/m0/s1. The van der Waals surface area contributed by atoms with E-state index in [0.717, 1.165) is 42.1 Å². The fourth-order valence-corrected chi connectivity index (χ4v) is 3.10. The third-order valence-electron chi connectivity index (χ3n) is 4.47. The number of aromatic amines is 1. The molecule has 0 aliphatic carbocycles. The van der Waals surface area contributed by atoms with Crippen LogP contribution in [0.5, 0.6) is 0 Å². The van der Waals surface area contributed by atoms with Crippen LogP contribution in [-0.4, -0.2) is 48.8 Å². The SMILES string of the molecule is COC(=O)Nc1cc(-c2cc(N3CCNC[C@@H]3C)[nH]c(=O)c2)c(C)cn1. The number of nitrogens with one attached hydrogen (secondary N) is 3. The number of rotatable bonds is 3. The summed E-state index contributed by atoms with van der Waals surface area (Å²) in [5, 5.41) is 5.89. The van der Waals surface area contributed by atoms with Crippen LogP contribution in [0.1, 0.15) is 12.5 Å². The van der Waals surface area contributed by atoms with E-state index in [1.165, 1.54) is 7.11 Å². The van der Waals surface area contributed by atoms with Crippen LogP contribution in [-0.2, 0) is 4.74 Å². The molecule has 3 N–H and O–H groups in total. The molecule has 1 aliphatic heterocycles. The summed E-state index contributed by atoms with van der Waals surface area (Å²) in [6.45, 7) is 6.60. The highest BCUT2D eigenvalue weighted by atomic mass is 16.5. The van der Waals surface area contributed by atoms with Crippen LogP contribution in [0.2, 0.25) is 0 Å². The Labute approximate surface area is 151 Å². The Morgan fingerprint density at radius 1 is 1.38 bits per heavy atom. The maximum atomic E-state index is 12.3. The van der Waals surface area contributed by atoms with Gasteiger partial charge in [-0.25, -0.2) is 9.78 Å². The molecule has 3 heterocycles. The van der Waals surface area contributed by atoms with Crippen molar-refractivity contribution in [2.75, 3.05) is 37.0 Å². The van der Waals surface area contributed by atoms with E-state index in [-0.39, 0.29) is 11.6 Å². The van der Waals surface area contributed by atoms with Gasteiger partial charge in [-0.1, -0.05) is 0 Å². The molecule has 1 atom stereocenters. The average Bonchev–Trinajstić information content (AvgIpc) is 2.63. The molecule has 0 aromatic carbocycles. The number of H-pyrrole nitrogens is 1. The van der Waals surface area contributed by atoms with E-state index in [0.29, 0.717) is 5.82 Å². The van der Waals surface area contributed by atoms with Crippen LogP contribution in [0.4, 0.5) is 16.4 Å². The first-order valence-electron chi connectivity index (χ1n) is 8.51. The maximum Gasteiger partial charge on any atom is 0.412 e. The van der Waals surface area contributed by atoms with Gasteiger partial charge in [0.1, 0.15) is 11.6 Å². The van der Waals surface area contributed by atoms with Crippen LogP contribution in [0, 0.1) is 6.92 Å². The number of methoxy groups -OCH3 is 1. The van der Waals surface area contributed by atoms with Crippen LogP contribution >= 0.6 is 0 Å². The third kappa shape index (κ3) is 3.85. The Balaban J connectivity index is 2.00. The second-order valence-corrected chi connectivity index (χ2v) is 6.37. The van der Waals surface area contributed by atoms with Crippen molar-refractivity contribution in [2.45, 2.75) is 19.9 Å². The molecule has 1 aliphatic rings. The van der Waals surface area contributed by atoms with Crippen LogP contribution in [0.15, 0.2) is 29.2 Å². The Morgan fingerprint density at radius 2 is 2.19 bits per heavy atom. The van der Waals surface area contributed by atoms with Gasteiger partial charge in [0.25, 0.3) is 0 Å². The summed E-state index contributed by atoms with van der Waals surface area (Å²) in [6, 6.07) is 5.55. The quantitative estimate of drug-likeness (QED) is 0.774. The summed E-state index contributed by atoms with van der Waals surface area (Å²) < 4.78 is 4.60. The van der Waals surface area contributed by atoms with E-state index < -0.39 is 6.09 Å². The first kappa shape index (κ1) is 17.9. The molecule has 1 fully saturated rings. The lowest BCUT2D eigenvalue weighted by Crippen LogP contribution is -2.50. The van der Waals surface area contributed by atoms with Gasteiger partial charge >= 0.3 is 6.09 Å². The monoisotopic (exact) mass is 357 g/mol. The third-order valence-corrected chi connectivity index (χ3v) is 4.47. The number of amides is 1. The number of carbonyl (C=O) groups excluding carboxylic acids is 1. The minimum absolute atomic E-state index is 0.165. The van der Waals surface area contributed by atoms with Crippen LogP contribution < -0.4 is 21.1 Å². The smallest absolute Gasteiger partial charge is 0.412 e. The Morgan fingerprint density at radius 3 is 2.92 bits per heavy atom. The molecule has 8 heteroatoms. The van der Waals surface area contributed by atoms with Gasteiger partial charge < -0.3 is 19.9 Å². The summed E-state index contributed by atoms with van der Waals surface area (Å²) in [6.07, 6.45) is 1.07. The molecule has 0 saturated carbocycles. The van der Waals surface area contributed by atoms with Crippen molar-refractivity contribution < 1.29 is 9.53 Å². The van der Waals surface area contributed by atoms with Gasteiger partial charge in [0.15, 0.2) is 0 Å². The zero-order valence-corrected chi connectivity index (χ0v) is 15.1. The first-order chi connectivity index (χ1) is 12.5. The average molecular weight is 357 g/mol. The van der Waals surface area contributed by atoms with Gasteiger partial charge in [-0.15, -0.1) is 0 Å². The number of hydrogen-bond acceptors (Lipinski definition) is 6. The number of piperazine rings is 1. The molecule has 8 nitrogen and oxygen atoms in total. The van der Waals surface area contributed by atoms with Gasteiger partial charge in [0.05, 0.1) is 7.11 Å². The Bertz CT molecular complexity index is 864. The lowest BCUT2D eigenvalue weighted by atomic mass is 10.0. The second-order valence-electron chi connectivity index (χ2n) is 6.37. The zero-order valence-electron chi connectivity index (χ0n) is 15.1. The number of anilines is 2. The molecule has 0 bridgehead atoms. The largest absolute Gasteiger partial charge is 0.453 e. The summed E-state index contributed by atoms with van der Waals surface area (Å²) in [4.78, 5) is 33.0. The van der Waals surface area contributed by atoms with Gasteiger partial charge in [-0.05, 0) is 42.7 Å². The van der Waals surface area contributed by atoms with Crippen LogP contribution in [0.25, 0.3) is 11.1 Å². The van der Waals surface area contributed by atoms with Crippen molar-refractivity contribution >= 4 is 17.7 Å². The fourth-order valence-electron chi connectivity index (χ4n) is 3.10. The lowest BCUT2D eigenvalue weighted by molar-refractivity contribution is 0.187. The van der Waals surface area contributed by atoms with Crippen LogP contribution in [0.3, 0.4) is 0 Å². The normalized spacial score (nSPS) is 17.0. The first-order valence-corrected chi connectivity index (χ1v) is 8.51. The molecule has 2 aromatic rings. The van der Waals surface area contributed by atoms with E-state index in [1.54, 1.807) is 18.3 Å². The Hall–Kier alpha value is -2.87. The van der Waals surface area contributed by atoms with E-state index in [2.05, 4.69) is 37.2 Å². The number of nitrogens with zero attached hydrogens (tertiary/aromatic N) is 2. The highest BCUT2D eigenvalue weighted by Crippen LogP contribution is 2.27. The van der Waals surface area contributed by atoms with Gasteiger partial charge in [-0.3, -0.25) is 10.1 Å². The second kappa shape index (κ2) is 7.57. The van der Waals surface area contributed by atoms with Crippen molar-refractivity contribution in [1.29, 1.82) is 0 Å². The highest BCUT2D eigenvalue weighted by molar-refractivity contribution is 5.84. The molecule has 0 radical (unpaired) electrons. The van der Waals surface area contributed by atoms with Crippen molar-refractivity contribution in [3.05, 3.63) is 40.3 Å². The number of ether oxygens (including phenoxy) is 1. The van der Waals surface area contributed by atoms with Crippen molar-refractivity contribution in [1.82, 2.24) is 15.3 Å². The van der Waals surface area contributed by atoms with Gasteiger partial charge in [0, 0.05) is 37.9 Å². The molecule has 138 valence electrons. The van der Waals surface area contributed by atoms with Crippen molar-refractivity contribution in [3.8, 4) is 11.1 Å². The topological polar surface area (TPSA) is 99.4 Å². The summed E-state index contributed by atoms with van der Waals surface area (Å²) >= 11 is 0. The molecule has 0 unspecified atom stereocenters. The van der Waals surface area contributed by atoms with Crippen molar-refractivity contribution in [3.63, 3.8) is 0 Å². The van der Waals surface area contributed by atoms with E-state index >= 15 is 0 Å². The summed E-state index contributed by atoms with van der Waals surface area (Å²) in [5.74, 6) is 1.16. The van der Waals surface area contributed by atoms with E-state index in [4.69, 9.17) is 0 Å². The van der Waals surface area contributed by atoms with Gasteiger partial charge in [0.2, 0.25) is 5.56 Å². The number of aryl methyl sites for hydroxylation is 1. The molecule has 1 saturated heterocycles. The van der Waals surface area contributed by atoms with Crippen molar-refractivity contribution in [2.24, 2.45) is 0 Å². The number of carbonyl (C=O) groups is 1. The lowest BCUT2D eigenvalue weighted by Gasteiger charge is -2.35. The molecule has 2 aromatic heterocycles. The number of pyridine rings is 2. The Kier molecular flexibility index (Phi) is 5.22. The molecular weight excluding hydrogens is 334 g/mol. The van der Waals surface area contributed by atoms with E-state index in [9.17, 15) is 9.59 Å². The molecule has 26 heavy (non-hydrogen) atoms. The fraction of sp³-hybridized carbons (Fsp3) is 0.389. The predicted octanol–water partition coefficient (Wildman–Crippen LogP) is 1.72. The molecule has 1 amide bonds. The highest BCUT2D eigenvalue weighted by Gasteiger charge is 2.20. The van der Waals surface area contributed by atoms with E-state index in [1.807, 2.05) is 13.0 Å². The maximum absolute atomic E-state index is 12.3. The number of aromatic nitrogens is 2. The molecular formula is C18H23N5O3. The molecule has 3 rings (SSSR count). The summed E-state index contributed by atoms with van der Waals surface area (Å²) in [5.41, 5.74) is 2.36. The molecule has 0 spiro atoms. The van der Waals surface area contributed by atoms with Gasteiger partial charge in [-0.2, -0.15) is 0 Å². The predicted molar refractivity (Wildman–Crippen MR) is 101 cm³/mol.